The summed E-state index contributed by atoms with van der Waals surface area (Å²) in [6.07, 6.45) is 0.586. The van der Waals surface area contributed by atoms with Crippen LogP contribution in [0.15, 0.2) is 79.6 Å². The fourth-order valence-corrected chi connectivity index (χ4v) is 4.21. The van der Waals surface area contributed by atoms with Crippen LogP contribution in [0.2, 0.25) is 0 Å². The Balaban J connectivity index is 1.44. The van der Waals surface area contributed by atoms with Crippen molar-refractivity contribution in [2.45, 2.75) is 25.6 Å². The van der Waals surface area contributed by atoms with Gasteiger partial charge in [-0.15, -0.1) is 0 Å². The summed E-state index contributed by atoms with van der Waals surface area (Å²) in [6.45, 7) is 5.50. The number of nitrogens with one attached hydrogen (secondary N) is 2. The highest BCUT2D eigenvalue weighted by atomic mass is 19.4. The van der Waals surface area contributed by atoms with Gasteiger partial charge in [0.1, 0.15) is 12.2 Å². The Morgan fingerprint density at radius 3 is 2.55 bits per heavy atom. The molecule has 0 aliphatic rings. The van der Waals surface area contributed by atoms with Gasteiger partial charge >= 0.3 is 6.18 Å². The Morgan fingerprint density at radius 1 is 1.11 bits per heavy atom. The van der Waals surface area contributed by atoms with E-state index < -0.39 is 11.7 Å². The van der Waals surface area contributed by atoms with Gasteiger partial charge in [-0.3, -0.25) is 9.89 Å². The lowest BCUT2D eigenvalue weighted by molar-refractivity contribution is -0.137. The number of amides is 1. The Labute approximate surface area is 219 Å². The second-order valence-electron chi connectivity index (χ2n) is 8.97. The van der Waals surface area contributed by atoms with Crippen LogP contribution in [0.5, 0.6) is 0 Å². The number of benzene rings is 3. The van der Waals surface area contributed by atoms with Crippen LogP contribution in [-0.4, -0.2) is 39.6 Å². The van der Waals surface area contributed by atoms with E-state index in [2.05, 4.69) is 32.0 Å². The number of carbonyl (C=O) groups excluding carboxylic acids is 1. The molecule has 0 spiro atoms. The lowest BCUT2D eigenvalue weighted by Gasteiger charge is -2.19. The van der Waals surface area contributed by atoms with Crippen LogP contribution >= 0.6 is 0 Å². The Morgan fingerprint density at radius 2 is 1.87 bits per heavy atom. The van der Waals surface area contributed by atoms with Gasteiger partial charge in [0.2, 0.25) is 0 Å². The number of nitrogens with zero attached hydrogens (tertiary/aromatic N) is 3. The molecule has 0 aliphatic carbocycles. The van der Waals surface area contributed by atoms with Crippen molar-refractivity contribution in [2.24, 2.45) is 0 Å². The van der Waals surface area contributed by atoms with Crippen LogP contribution in [0.4, 0.5) is 18.9 Å². The molecule has 0 saturated heterocycles. The zero-order chi connectivity index (χ0) is 27.1. The standard InChI is InChI=1S/C29H28F3N5O/c1-3-20-17-24(15-12-22(20)18-37(2)16-6-9-27-33-19-34-36-27)35-28(38)26-8-5-4-7-25(26)21-10-13-23(14-11-21)29(30,31)32/h3-5,7-8,10-15,17,19H,1,6,9,16,18H2,2H3,(H,35,38)(H,33,34,36). The fraction of sp³-hybridized carbons (Fsp3) is 0.207. The number of halogens is 3. The third kappa shape index (κ3) is 6.74. The zero-order valence-corrected chi connectivity index (χ0v) is 20.9. The molecule has 0 atom stereocenters. The molecule has 3 aromatic carbocycles. The highest BCUT2D eigenvalue weighted by molar-refractivity contribution is 6.08. The van der Waals surface area contributed by atoms with Crippen LogP contribution in [0.3, 0.4) is 0 Å². The molecule has 1 aromatic heterocycles. The van der Waals surface area contributed by atoms with E-state index in [1.54, 1.807) is 30.3 Å². The van der Waals surface area contributed by atoms with Crippen LogP contribution in [-0.2, 0) is 19.1 Å². The third-order valence-corrected chi connectivity index (χ3v) is 6.18. The smallest absolute Gasteiger partial charge is 0.322 e. The Bertz CT molecular complexity index is 1380. The molecule has 196 valence electrons. The van der Waals surface area contributed by atoms with E-state index in [1.165, 1.54) is 18.5 Å². The van der Waals surface area contributed by atoms with Crippen molar-refractivity contribution in [3.63, 3.8) is 0 Å². The molecule has 9 heteroatoms. The molecule has 0 saturated carbocycles. The zero-order valence-electron chi connectivity index (χ0n) is 20.9. The van der Waals surface area contributed by atoms with Crippen molar-refractivity contribution in [3.05, 3.63) is 108 Å². The van der Waals surface area contributed by atoms with E-state index in [4.69, 9.17) is 0 Å². The molecule has 1 amide bonds. The third-order valence-electron chi connectivity index (χ3n) is 6.18. The lowest BCUT2D eigenvalue weighted by Crippen LogP contribution is -2.20. The predicted molar refractivity (Wildman–Crippen MR) is 142 cm³/mol. The topological polar surface area (TPSA) is 73.9 Å². The summed E-state index contributed by atoms with van der Waals surface area (Å²) in [5.74, 6) is 0.512. The largest absolute Gasteiger partial charge is 0.416 e. The summed E-state index contributed by atoms with van der Waals surface area (Å²) < 4.78 is 38.9. The molecule has 0 bridgehead atoms. The Kier molecular flexibility index (Phi) is 8.38. The van der Waals surface area contributed by atoms with E-state index in [-0.39, 0.29) is 5.91 Å². The first-order chi connectivity index (χ1) is 18.2. The number of rotatable bonds is 10. The number of alkyl halides is 3. The predicted octanol–water partition coefficient (Wildman–Crippen LogP) is 6.45. The monoisotopic (exact) mass is 519 g/mol. The van der Waals surface area contributed by atoms with Crippen LogP contribution in [0, 0.1) is 0 Å². The molecule has 0 radical (unpaired) electrons. The van der Waals surface area contributed by atoms with Gasteiger partial charge in [0.25, 0.3) is 5.91 Å². The molecule has 4 aromatic rings. The molecule has 0 fully saturated rings. The minimum Gasteiger partial charge on any atom is -0.322 e. The number of aryl methyl sites for hydroxylation is 1. The van der Waals surface area contributed by atoms with Gasteiger partial charge in [-0.1, -0.05) is 49.1 Å². The van der Waals surface area contributed by atoms with E-state index in [1.807, 2.05) is 25.2 Å². The number of aromatic nitrogens is 3. The average Bonchev–Trinajstić information content (AvgIpc) is 3.42. The maximum atomic E-state index is 13.2. The summed E-state index contributed by atoms with van der Waals surface area (Å²) >= 11 is 0. The first-order valence-corrected chi connectivity index (χ1v) is 12.1. The molecular formula is C29H28F3N5O. The van der Waals surface area contributed by atoms with E-state index in [9.17, 15) is 18.0 Å². The first kappa shape index (κ1) is 26.8. The SMILES string of the molecule is C=Cc1cc(NC(=O)c2ccccc2-c2ccc(C(F)(F)F)cc2)ccc1CN(C)CCCc1ncn[nH]1. The van der Waals surface area contributed by atoms with E-state index >= 15 is 0 Å². The number of hydrogen-bond donors (Lipinski definition) is 2. The van der Waals surface area contributed by atoms with Gasteiger partial charge in [0.15, 0.2) is 0 Å². The molecule has 38 heavy (non-hydrogen) atoms. The number of aromatic amines is 1. The number of carbonyl (C=O) groups is 1. The summed E-state index contributed by atoms with van der Waals surface area (Å²) in [5.41, 5.74) is 3.28. The van der Waals surface area contributed by atoms with Crippen molar-refractivity contribution in [1.82, 2.24) is 20.1 Å². The Hall–Kier alpha value is -4.24. The molecule has 4 rings (SSSR count). The van der Waals surface area contributed by atoms with Crippen molar-refractivity contribution in [1.29, 1.82) is 0 Å². The average molecular weight is 520 g/mol. The molecule has 2 N–H and O–H groups in total. The number of H-pyrrole nitrogens is 1. The van der Waals surface area contributed by atoms with Gasteiger partial charge < -0.3 is 10.2 Å². The van der Waals surface area contributed by atoms with Crippen LogP contribution in [0.25, 0.3) is 17.2 Å². The highest BCUT2D eigenvalue weighted by Gasteiger charge is 2.30. The number of hydrogen-bond acceptors (Lipinski definition) is 4. The summed E-state index contributed by atoms with van der Waals surface area (Å²) in [4.78, 5) is 19.5. The normalized spacial score (nSPS) is 11.5. The van der Waals surface area contributed by atoms with Crippen molar-refractivity contribution in [2.75, 3.05) is 18.9 Å². The lowest BCUT2D eigenvalue weighted by atomic mass is 9.98. The van der Waals surface area contributed by atoms with Crippen molar-refractivity contribution >= 4 is 17.7 Å². The number of anilines is 1. The van der Waals surface area contributed by atoms with Gasteiger partial charge in [-0.05, 0) is 72.6 Å². The maximum absolute atomic E-state index is 13.2. The van der Waals surface area contributed by atoms with Crippen molar-refractivity contribution in [3.8, 4) is 11.1 Å². The van der Waals surface area contributed by atoms with Gasteiger partial charge in [-0.2, -0.15) is 18.3 Å². The second-order valence-corrected chi connectivity index (χ2v) is 8.97. The van der Waals surface area contributed by atoms with E-state index in [0.717, 1.165) is 48.5 Å². The molecule has 0 aliphatic heterocycles. The summed E-state index contributed by atoms with van der Waals surface area (Å²) in [5, 5.41) is 9.64. The van der Waals surface area contributed by atoms with E-state index in [0.29, 0.717) is 28.9 Å². The van der Waals surface area contributed by atoms with Crippen LogP contribution < -0.4 is 5.32 Å². The quantitative estimate of drug-likeness (QED) is 0.253. The van der Waals surface area contributed by atoms with Gasteiger partial charge in [0.05, 0.1) is 5.56 Å². The van der Waals surface area contributed by atoms with Crippen LogP contribution in [0.1, 0.15) is 39.3 Å². The molecular weight excluding hydrogens is 491 g/mol. The van der Waals surface area contributed by atoms with Crippen molar-refractivity contribution < 1.29 is 18.0 Å². The molecule has 6 nitrogen and oxygen atoms in total. The second kappa shape index (κ2) is 11.9. The molecule has 0 unspecified atom stereocenters. The molecule has 1 heterocycles. The van der Waals surface area contributed by atoms with Gasteiger partial charge in [-0.25, -0.2) is 4.98 Å². The van der Waals surface area contributed by atoms with Gasteiger partial charge in [0, 0.05) is 24.2 Å². The summed E-state index contributed by atoms with van der Waals surface area (Å²) in [7, 11) is 2.04. The minimum atomic E-state index is -4.42. The fourth-order valence-electron chi connectivity index (χ4n) is 4.21. The summed E-state index contributed by atoms with van der Waals surface area (Å²) in [6, 6.07) is 17.3. The highest BCUT2D eigenvalue weighted by Crippen LogP contribution is 2.32. The minimum absolute atomic E-state index is 0.354. The maximum Gasteiger partial charge on any atom is 0.416 e. The first-order valence-electron chi connectivity index (χ1n) is 12.1.